The number of non-ortho nitro benzene ring substituents is 1. The number of nitro groups is 1. The van der Waals surface area contributed by atoms with Crippen LogP contribution in [0.1, 0.15) is 50.0 Å². The number of allylic oxidation sites excluding steroid dienone is 1. The van der Waals surface area contributed by atoms with E-state index in [-0.39, 0.29) is 41.5 Å². The molecule has 2 saturated heterocycles. The van der Waals surface area contributed by atoms with Crippen molar-refractivity contribution in [3.63, 3.8) is 0 Å². The number of benzene rings is 3. The Morgan fingerprint density at radius 1 is 1.00 bits per heavy atom. The lowest BCUT2D eigenvalue weighted by molar-refractivity contribution is -0.384. The molecule has 0 bridgehead atoms. The Balaban J connectivity index is 1.47. The van der Waals surface area contributed by atoms with Gasteiger partial charge in [-0.2, -0.15) is 0 Å². The van der Waals surface area contributed by atoms with Crippen LogP contribution in [-0.2, 0) is 41.1 Å². The summed E-state index contributed by atoms with van der Waals surface area (Å²) in [5.74, 6) is -2.22. The molecule has 14 heteroatoms. The molecule has 2 N–H and O–H groups in total. The molecular weight excluding hydrogens is 676 g/mol. The number of esters is 1. The van der Waals surface area contributed by atoms with Crippen LogP contribution in [0.5, 0.6) is 0 Å². The van der Waals surface area contributed by atoms with Gasteiger partial charge in [0, 0.05) is 24.3 Å². The van der Waals surface area contributed by atoms with Gasteiger partial charge in [0.25, 0.3) is 11.6 Å². The Morgan fingerprint density at radius 3 is 2.14 bits per heavy atom. The molecule has 3 heterocycles. The fraction of sp³-hybridized carbons (Fsp3) is 0.297. The molecule has 3 aromatic carbocycles. The quantitative estimate of drug-likeness (QED) is 0.107. The number of carbonyl (C=O) groups is 4. The minimum atomic E-state index is -1.86. The number of nitrogens with zero attached hydrogens (tertiary/aromatic N) is 2. The minimum Gasteiger partial charge on any atom is -0.448 e. The number of rotatable bonds is 9. The van der Waals surface area contributed by atoms with E-state index in [1.54, 1.807) is 81.4 Å². The van der Waals surface area contributed by atoms with Gasteiger partial charge in [0.15, 0.2) is 6.10 Å². The van der Waals surface area contributed by atoms with Crippen molar-refractivity contribution in [3.05, 3.63) is 134 Å². The lowest BCUT2D eigenvalue weighted by Crippen LogP contribution is -2.73. The zero-order valence-corrected chi connectivity index (χ0v) is 28.9. The van der Waals surface area contributed by atoms with E-state index >= 15 is 0 Å². The molecule has 0 aromatic heterocycles. The molecule has 3 aliphatic rings. The first-order valence-corrected chi connectivity index (χ1v) is 17.7. The van der Waals surface area contributed by atoms with Crippen LogP contribution in [0.15, 0.2) is 107 Å². The van der Waals surface area contributed by atoms with E-state index in [0.29, 0.717) is 34.4 Å². The van der Waals surface area contributed by atoms with Crippen LogP contribution < -0.4 is 10.6 Å². The third-order valence-electron chi connectivity index (χ3n) is 8.61. The van der Waals surface area contributed by atoms with E-state index in [2.05, 4.69) is 10.6 Å². The smallest absolute Gasteiger partial charge is 0.408 e. The Bertz CT molecular complexity index is 1930. The van der Waals surface area contributed by atoms with Crippen LogP contribution in [0.3, 0.4) is 0 Å². The number of carbonyl (C=O) groups excluding carboxylic acids is 4. The summed E-state index contributed by atoms with van der Waals surface area (Å²) in [7, 11) is -1.86. The Labute approximate surface area is 296 Å². The average Bonchev–Trinajstić information content (AvgIpc) is 3.53. The van der Waals surface area contributed by atoms with Gasteiger partial charge < -0.3 is 20.1 Å². The maximum atomic E-state index is 14.6. The molecule has 2 fully saturated rings. The summed E-state index contributed by atoms with van der Waals surface area (Å²) in [5, 5.41) is 15.5. The van der Waals surface area contributed by atoms with Gasteiger partial charge in [-0.1, -0.05) is 72.8 Å². The Morgan fingerprint density at radius 2 is 1.61 bits per heavy atom. The second-order valence-electron chi connectivity index (χ2n) is 13.2. The van der Waals surface area contributed by atoms with Crippen LogP contribution in [0.25, 0.3) is 0 Å². The van der Waals surface area contributed by atoms with Gasteiger partial charge in [0.05, 0.1) is 21.5 Å². The summed E-state index contributed by atoms with van der Waals surface area (Å²) in [4.78, 5) is 66.3. The van der Waals surface area contributed by atoms with Crippen molar-refractivity contribution in [2.24, 2.45) is 0 Å². The molecule has 13 nitrogen and oxygen atoms in total. The number of nitrogens with one attached hydrogen (secondary N) is 2. The van der Waals surface area contributed by atoms with E-state index in [4.69, 9.17) is 9.47 Å². The Kier molecular flexibility index (Phi) is 9.88. The molecule has 0 aliphatic carbocycles. The molecule has 0 spiro atoms. The number of ether oxygens (including phenoxy) is 2. The van der Waals surface area contributed by atoms with Crippen molar-refractivity contribution in [3.8, 4) is 0 Å². The van der Waals surface area contributed by atoms with Gasteiger partial charge in [0.1, 0.15) is 22.7 Å². The van der Waals surface area contributed by atoms with Crippen molar-refractivity contribution >= 4 is 40.4 Å². The summed E-state index contributed by atoms with van der Waals surface area (Å²) < 4.78 is 25.6. The highest BCUT2D eigenvalue weighted by Crippen LogP contribution is 2.41. The number of hydrogen-bond acceptors (Lipinski definition) is 9. The van der Waals surface area contributed by atoms with E-state index < -0.39 is 56.8 Å². The first kappa shape index (κ1) is 35.2. The number of β-lactam (4-membered cyclic amide) rings is 1. The molecule has 0 unspecified atom stereocenters. The van der Waals surface area contributed by atoms with E-state index in [1.165, 1.54) is 12.1 Å². The molecular formula is C37H36N4O9S. The lowest BCUT2D eigenvalue weighted by atomic mass is 9.90. The van der Waals surface area contributed by atoms with Crippen LogP contribution in [0, 0.1) is 10.1 Å². The fourth-order valence-electron chi connectivity index (χ4n) is 6.32. The van der Waals surface area contributed by atoms with Gasteiger partial charge in [-0.05, 0) is 61.4 Å². The largest absolute Gasteiger partial charge is 0.448 e. The number of nitro benzene ring substituents is 1. The average molecular weight is 713 g/mol. The van der Waals surface area contributed by atoms with Crippen LogP contribution in [0.4, 0.5) is 10.5 Å². The first-order chi connectivity index (χ1) is 24.3. The SMILES string of the molecule is CC(C)(C)OC(=O)N[C@@H]1C(=O)N2C(C(=O)OC(c3ccccc3)c3ccccc3)=C(C(Cc3ccc([N+](=O)[O-])cc3)=C3CCNC3=O)C[S@](=O)[C@H]12. The highest BCUT2D eigenvalue weighted by molar-refractivity contribution is 7.86. The van der Waals surface area contributed by atoms with Gasteiger partial charge in [0.2, 0.25) is 5.91 Å². The van der Waals surface area contributed by atoms with Crippen LogP contribution in [-0.4, -0.2) is 67.2 Å². The summed E-state index contributed by atoms with van der Waals surface area (Å²) in [6.07, 6.45) is -1.45. The second-order valence-corrected chi connectivity index (χ2v) is 14.8. The van der Waals surface area contributed by atoms with Crippen molar-refractivity contribution < 1.29 is 37.8 Å². The molecule has 3 aromatic rings. The number of hydrogen-bond donors (Lipinski definition) is 2. The minimum absolute atomic E-state index is 0.0388. The number of amides is 3. The lowest BCUT2D eigenvalue weighted by Gasteiger charge is -2.49. The molecule has 3 amide bonds. The molecule has 0 radical (unpaired) electrons. The summed E-state index contributed by atoms with van der Waals surface area (Å²) in [6, 6.07) is 22.6. The monoisotopic (exact) mass is 712 g/mol. The van der Waals surface area contributed by atoms with Crippen LogP contribution in [0.2, 0.25) is 0 Å². The molecule has 3 atom stereocenters. The highest BCUT2D eigenvalue weighted by Gasteiger charge is 2.58. The number of fused-ring (bicyclic) bond motifs is 1. The fourth-order valence-corrected chi connectivity index (χ4v) is 8.02. The van der Waals surface area contributed by atoms with Gasteiger partial charge >= 0.3 is 12.1 Å². The highest BCUT2D eigenvalue weighted by atomic mass is 32.2. The van der Waals surface area contributed by atoms with Crippen molar-refractivity contribution in [1.82, 2.24) is 15.5 Å². The maximum absolute atomic E-state index is 14.6. The third kappa shape index (κ3) is 7.45. The molecule has 6 rings (SSSR count). The van der Waals surface area contributed by atoms with E-state index in [9.17, 15) is 33.5 Å². The predicted octanol–water partition coefficient (Wildman–Crippen LogP) is 4.36. The summed E-state index contributed by atoms with van der Waals surface area (Å²) in [5.41, 5.74) is 1.61. The Hall–Kier alpha value is -5.63. The first-order valence-electron chi connectivity index (χ1n) is 16.3. The zero-order chi connectivity index (χ0) is 36.4. The molecule has 264 valence electrons. The summed E-state index contributed by atoms with van der Waals surface area (Å²) >= 11 is 0. The topological polar surface area (TPSA) is 174 Å². The van der Waals surface area contributed by atoms with Crippen LogP contribution >= 0.6 is 0 Å². The van der Waals surface area contributed by atoms with Gasteiger partial charge in [-0.25, -0.2) is 9.59 Å². The van der Waals surface area contributed by atoms with Crippen molar-refractivity contribution in [1.29, 1.82) is 0 Å². The van der Waals surface area contributed by atoms with Gasteiger partial charge in [-0.15, -0.1) is 0 Å². The zero-order valence-electron chi connectivity index (χ0n) is 28.1. The molecule has 51 heavy (non-hydrogen) atoms. The standard InChI is InChI=1S/C37H36N4O9S/c1-37(2,3)50-36(45)39-29-33(43)40-30(35(44)49-31(23-10-6-4-7-11-23)24-12-8-5-9-13-24)28(21-51(48)34(29)40)27(26-18-19-38-32(26)42)20-22-14-16-25(17-15-22)41(46)47/h4-17,29,31,34H,18-21H2,1-3H3,(H,38,42)(H,39,45)/t29-,34-,51+/m1/s1. The van der Waals surface area contributed by atoms with Gasteiger partial charge in [-0.3, -0.25) is 28.8 Å². The molecule has 0 saturated carbocycles. The second kappa shape index (κ2) is 14.3. The summed E-state index contributed by atoms with van der Waals surface area (Å²) in [6.45, 7) is 5.32. The van der Waals surface area contributed by atoms with Crippen molar-refractivity contribution in [2.45, 2.75) is 56.7 Å². The van der Waals surface area contributed by atoms with E-state index in [0.717, 1.165) is 4.90 Å². The molecule has 3 aliphatic heterocycles. The maximum Gasteiger partial charge on any atom is 0.408 e. The van der Waals surface area contributed by atoms with Crippen molar-refractivity contribution in [2.75, 3.05) is 12.3 Å². The predicted molar refractivity (Wildman–Crippen MR) is 186 cm³/mol. The van der Waals surface area contributed by atoms with E-state index in [1.807, 2.05) is 12.1 Å². The third-order valence-corrected chi connectivity index (χ3v) is 10.2. The number of alkyl carbamates (subject to hydrolysis) is 1. The normalized spacial score (nSPS) is 21.0.